The number of amides is 1. The quantitative estimate of drug-likeness (QED) is 0.823. The lowest BCUT2D eigenvalue weighted by atomic mass is 10.1. The summed E-state index contributed by atoms with van der Waals surface area (Å²) in [7, 11) is 0. The smallest absolute Gasteiger partial charge is 0.237 e. The van der Waals surface area contributed by atoms with Gasteiger partial charge in [0.2, 0.25) is 5.91 Å². The fourth-order valence-corrected chi connectivity index (χ4v) is 2.75. The molecule has 1 N–H and O–H groups in total. The molecule has 4 heteroatoms. The van der Waals surface area contributed by atoms with Gasteiger partial charge in [0.1, 0.15) is 0 Å². The van der Waals surface area contributed by atoms with E-state index in [9.17, 15) is 4.79 Å². The van der Waals surface area contributed by atoms with E-state index in [0.717, 1.165) is 13.1 Å². The van der Waals surface area contributed by atoms with Gasteiger partial charge in [-0.3, -0.25) is 9.69 Å². The van der Waals surface area contributed by atoms with Crippen LogP contribution in [0.2, 0.25) is 0 Å². The summed E-state index contributed by atoms with van der Waals surface area (Å²) in [4.78, 5) is 16.7. The van der Waals surface area contributed by atoms with Gasteiger partial charge in [-0.2, -0.15) is 0 Å². The predicted molar refractivity (Wildman–Crippen MR) is 75.6 cm³/mol. The summed E-state index contributed by atoms with van der Waals surface area (Å²) in [6.45, 7) is 15.2. The molecule has 0 bridgehead atoms. The highest BCUT2D eigenvalue weighted by Gasteiger charge is 2.27. The molecule has 0 saturated carbocycles. The third kappa shape index (κ3) is 3.95. The summed E-state index contributed by atoms with van der Waals surface area (Å²) in [6, 6.07) is 1.45. The van der Waals surface area contributed by atoms with Crippen LogP contribution in [-0.4, -0.2) is 59.5 Å². The Labute approximate surface area is 112 Å². The lowest BCUT2D eigenvalue weighted by molar-refractivity contribution is -0.136. The van der Waals surface area contributed by atoms with Gasteiger partial charge in [-0.1, -0.05) is 0 Å². The molecule has 0 aromatic rings. The number of piperazine rings is 1. The Morgan fingerprint density at radius 1 is 1.28 bits per heavy atom. The molecule has 0 aliphatic carbocycles. The van der Waals surface area contributed by atoms with E-state index in [1.54, 1.807) is 0 Å². The second-order valence-electron chi connectivity index (χ2n) is 6.08. The van der Waals surface area contributed by atoms with Gasteiger partial charge in [0, 0.05) is 37.3 Å². The molecule has 0 spiro atoms. The third-order valence-corrected chi connectivity index (χ3v) is 3.63. The van der Waals surface area contributed by atoms with E-state index < -0.39 is 0 Å². The largest absolute Gasteiger partial charge is 0.337 e. The first-order chi connectivity index (χ1) is 8.32. The average molecular weight is 255 g/mol. The summed E-state index contributed by atoms with van der Waals surface area (Å²) in [5.74, 6) is 0.251. The summed E-state index contributed by atoms with van der Waals surface area (Å²) in [6.07, 6.45) is 0. The molecule has 1 amide bonds. The van der Waals surface area contributed by atoms with Crippen LogP contribution in [0.1, 0.15) is 41.5 Å². The van der Waals surface area contributed by atoms with Crippen molar-refractivity contribution < 1.29 is 4.79 Å². The number of carbonyl (C=O) groups excluding carboxylic acids is 1. The molecule has 4 nitrogen and oxygen atoms in total. The molecule has 1 heterocycles. The topological polar surface area (TPSA) is 35.6 Å². The number of rotatable bonds is 4. The first-order valence-electron chi connectivity index (χ1n) is 7.11. The molecular formula is C14H29N3O. The van der Waals surface area contributed by atoms with E-state index in [4.69, 9.17) is 0 Å². The molecular weight excluding hydrogens is 226 g/mol. The monoisotopic (exact) mass is 255 g/mol. The van der Waals surface area contributed by atoms with Gasteiger partial charge in [-0.25, -0.2) is 0 Å². The SMILES string of the molecule is CC1CN(CC(=O)N(C(C)C)C(C)C)C(C)CN1. The van der Waals surface area contributed by atoms with Crippen LogP contribution in [0.5, 0.6) is 0 Å². The zero-order valence-electron chi connectivity index (χ0n) is 12.7. The summed E-state index contributed by atoms with van der Waals surface area (Å²) in [5, 5.41) is 3.44. The van der Waals surface area contributed by atoms with Crippen LogP contribution in [0, 0.1) is 0 Å². The zero-order chi connectivity index (χ0) is 13.9. The number of nitrogens with zero attached hydrogens (tertiary/aromatic N) is 2. The Morgan fingerprint density at radius 2 is 1.83 bits per heavy atom. The highest BCUT2D eigenvalue weighted by atomic mass is 16.2. The maximum Gasteiger partial charge on any atom is 0.237 e. The van der Waals surface area contributed by atoms with Gasteiger partial charge < -0.3 is 10.2 Å². The number of carbonyl (C=O) groups is 1. The molecule has 18 heavy (non-hydrogen) atoms. The second-order valence-corrected chi connectivity index (χ2v) is 6.08. The summed E-state index contributed by atoms with van der Waals surface area (Å²) >= 11 is 0. The van der Waals surface area contributed by atoms with E-state index in [1.165, 1.54) is 0 Å². The van der Waals surface area contributed by atoms with E-state index in [1.807, 2.05) is 4.90 Å². The molecule has 0 aromatic carbocycles. The van der Waals surface area contributed by atoms with Crippen LogP contribution in [-0.2, 0) is 4.79 Å². The van der Waals surface area contributed by atoms with Crippen molar-refractivity contribution in [1.29, 1.82) is 0 Å². The van der Waals surface area contributed by atoms with Crippen molar-refractivity contribution in [2.45, 2.75) is 65.7 Å². The minimum Gasteiger partial charge on any atom is -0.337 e. The van der Waals surface area contributed by atoms with Crippen molar-refractivity contribution in [3.63, 3.8) is 0 Å². The number of hydrogen-bond donors (Lipinski definition) is 1. The molecule has 1 rings (SSSR count). The molecule has 0 aromatic heterocycles. The van der Waals surface area contributed by atoms with Crippen molar-refractivity contribution in [2.75, 3.05) is 19.6 Å². The van der Waals surface area contributed by atoms with Crippen LogP contribution >= 0.6 is 0 Å². The Kier molecular flexibility index (Phi) is 5.60. The van der Waals surface area contributed by atoms with Gasteiger partial charge in [-0.05, 0) is 41.5 Å². The number of hydrogen-bond acceptors (Lipinski definition) is 3. The average Bonchev–Trinajstić information content (AvgIpc) is 2.22. The van der Waals surface area contributed by atoms with Crippen LogP contribution in [0.4, 0.5) is 0 Å². The second kappa shape index (κ2) is 6.53. The van der Waals surface area contributed by atoms with E-state index >= 15 is 0 Å². The Bertz CT molecular complexity index is 270. The minimum atomic E-state index is 0.251. The standard InChI is InChI=1S/C14H29N3O/c1-10(2)17(11(3)4)14(18)9-16-8-12(5)15-7-13(16)6/h10-13,15H,7-9H2,1-6H3. The van der Waals surface area contributed by atoms with E-state index in [-0.39, 0.29) is 18.0 Å². The normalized spacial score (nSPS) is 25.8. The molecule has 2 unspecified atom stereocenters. The fourth-order valence-electron chi connectivity index (χ4n) is 2.75. The van der Waals surface area contributed by atoms with Gasteiger partial charge >= 0.3 is 0 Å². The van der Waals surface area contributed by atoms with Gasteiger partial charge in [-0.15, -0.1) is 0 Å². The fraction of sp³-hybridized carbons (Fsp3) is 0.929. The van der Waals surface area contributed by atoms with Crippen molar-refractivity contribution >= 4 is 5.91 Å². The lowest BCUT2D eigenvalue weighted by Gasteiger charge is -2.39. The van der Waals surface area contributed by atoms with Gasteiger partial charge in [0.25, 0.3) is 0 Å². The van der Waals surface area contributed by atoms with Crippen molar-refractivity contribution in [3.05, 3.63) is 0 Å². The first-order valence-corrected chi connectivity index (χ1v) is 7.11. The number of nitrogens with one attached hydrogen (secondary N) is 1. The minimum absolute atomic E-state index is 0.251. The highest BCUT2D eigenvalue weighted by Crippen LogP contribution is 2.10. The third-order valence-electron chi connectivity index (χ3n) is 3.63. The van der Waals surface area contributed by atoms with Gasteiger partial charge in [0.05, 0.1) is 6.54 Å². The van der Waals surface area contributed by atoms with E-state index in [2.05, 4.69) is 51.8 Å². The summed E-state index contributed by atoms with van der Waals surface area (Å²) < 4.78 is 0. The van der Waals surface area contributed by atoms with Crippen LogP contribution in [0.3, 0.4) is 0 Å². The maximum atomic E-state index is 12.4. The Morgan fingerprint density at radius 3 is 2.33 bits per heavy atom. The Hall–Kier alpha value is -0.610. The van der Waals surface area contributed by atoms with Crippen molar-refractivity contribution in [1.82, 2.24) is 15.1 Å². The van der Waals surface area contributed by atoms with Gasteiger partial charge in [0.15, 0.2) is 0 Å². The Balaban J connectivity index is 2.61. The van der Waals surface area contributed by atoms with Crippen LogP contribution in [0.25, 0.3) is 0 Å². The molecule has 1 saturated heterocycles. The molecule has 2 atom stereocenters. The lowest BCUT2D eigenvalue weighted by Crippen LogP contribution is -2.57. The highest BCUT2D eigenvalue weighted by molar-refractivity contribution is 5.78. The van der Waals surface area contributed by atoms with Crippen molar-refractivity contribution in [2.24, 2.45) is 0 Å². The molecule has 1 aliphatic heterocycles. The maximum absolute atomic E-state index is 12.4. The molecule has 1 fully saturated rings. The molecule has 106 valence electrons. The van der Waals surface area contributed by atoms with Crippen LogP contribution < -0.4 is 5.32 Å². The van der Waals surface area contributed by atoms with Crippen molar-refractivity contribution in [3.8, 4) is 0 Å². The molecule has 0 radical (unpaired) electrons. The first kappa shape index (κ1) is 15.4. The van der Waals surface area contributed by atoms with E-state index in [0.29, 0.717) is 18.6 Å². The summed E-state index contributed by atoms with van der Waals surface area (Å²) in [5.41, 5.74) is 0. The predicted octanol–water partition coefficient (Wildman–Crippen LogP) is 1.31. The zero-order valence-corrected chi connectivity index (χ0v) is 12.7. The molecule has 1 aliphatic rings. The van der Waals surface area contributed by atoms with Crippen LogP contribution in [0.15, 0.2) is 0 Å².